The van der Waals surface area contributed by atoms with E-state index in [4.69, 9.17) is 28.7 Å². The Balaban J connectivity index is 2.79. The maximum absolute atomic E-state index is 13.0. The van der Waals surface area contributed by atoms with Crippen LogP contribution in [0.1, 0.15) is 44.1 Å². The van der Waals surface area contributed by atoms with Gasteiger partial charge in [-0.25, -0.2) is 0 Å². The van der Waals surface area contributed by atoms with Crippen molar-refractivity contribution in [3.8, 4) is 0 Å². The fourth-order valence-corrected chi connectivity index (χ4v) is 4.94. The quantitative estimate of drug-likeness (QED) is 0.0349. The van der Waals surface area contributed by atoms with Crippen LogP contribution in [0.15, 0.2) is 30.3 Å². The Morgan fingerprint density at radius 1 is 0.569 bits per heavy atom. The topological polar surface area (TPSA) is 425 Å². The second-order valence-corrected chi connectivity index (χ2v) is 12.9. The van der Waals surface area contributed by atoms with E-state index < -0.39 is 128 Å². The van der Waals surface area contributed by atoms with Crippen molar-refractivity contribution in [3.63, 3.8) is 0 Å². The van der Waals surface area contributed by atoms with Crippen LogP contribution < -0.4 is 65.9 Å². The molecule has 24 nitrogen and oxygen atoms in total. The Labute approximate surface area is 332 Å². The summed E-state index contributed by atoms with van der Waals surface area (Å²) in [4.78, 5) is 124. The summed E-state index contributed by atoms with van der Waals surface area (Å²) in [7, 11) is 0. The van der Waals surface area contributed by atoms with Gasteiger partial charge in [0.25, 0.3) is 0 Å². The molecule has 10 amide bonds. The van der Waals surface area contributed by atoms with E-state index in [9.17, 15) is 58.2 Å². The fourth-order valence-electron chi connectivity index (χ4n) is 4.94. The molecule has 6 atom stereocenters. The molecule has 0 saturated carbocycles. The molecular formula is C34H54N12O12. The van der Waals surface area contributed by atoms with Gasteiger partial charge >= 0.3 is 0 Å². The van der Waals surface area contributed by atoms with Crippen molar-refractivity contribution in [2.45, 2.75) is 81.2 Å². The Bertz CT molecular complexity index is 1600. The lowest BCUT2D eigenvalue weighted by atomic mass is 10.0. The number of carbonyl (C=O) groups is 10. The summed E-state index contributed by atoms with van der Waals surface area (Å²) in [6.07, 6.45) is -0.0821. The number of aliphatic hydroxyl groups excluding tert-OH is 2. The van der Waals surface area contributed by atoms with Gasteiger partial charge in [-0.05, 0) is 31.4 Å². The van der Waals surface area contributed by atoms with Crippen molar-refractivity contribution in [1.82, 2.24) is 37.2 Å². The van der Waals surface area contributed by atoms with Crippen LogP contribution >= 0.6 is 0 Å². The van der Waals surface area contributed by atoms with Gasteiger partial charge in [-0.15, -0.1) is 0 Å². The Kier molecular flexibility index (Phi) is 22.8. The highest BCUT2D eigenvalue weighted by atomic mass is 16.3. The van der Waals surface area contributed by atoms with Crippen LogP contribution in [0.2, 0.25) is 0 Å². The van der Waals surface area contributed by atoms with E-state index in [2.05, 4.69) is 37.2 Å². The molecule has 0 bridgehead atoms. The second-order valence-electron chi connectivity index (χ2n) is 12.9. The number of primary amides is 3. The van der Waals surface area contributed by atoms with Crippen molar-refractivity contribution < 1.29 is 58.2 Å². The van der Waals surface area contributed by atoms with Crippen molar-refractivity contribution >= 4 is 59.1 Å². The summed E-state index contributed by atoms with van der Waals surface area (Å²) in [5.74, 6) is -9.65. The molecule has 0 aliphatic rings. The third kappa shape index (κ3) is 19.6. The number of amides is 10. The normalized spacial score (nSPS) is 13.8. The maximum atomic E-state index is 13.0. The fraction of sp³-hybridized carbons (Fsp3) is 0.529. The summed E-state index contributed by atoms with van der Waals surface area (Å²) in [5.41, 5.74) is 27.7. The smallest absolute Gasteiger partial charge is 0.245 e. The van der Waals surface area contributed by atoms with E-state index in [-0.39, 0.29) is 25.7 Å². The number of unbranched alkanes of at least 4 members (excludes halogenated alkanes) is 1. The number of hydrogen-bond donors (Lipinski definition) is 14. The van der Waals surface area contributed by atoms with Gasteiger partial charge in [0.05, 0.1) is 38.8 Å². The first-order valence-corrected chi connectivity index (χ1v) is 18.0. The molecule has 1 aromatic rings. The highest BCUT2D eigenvalue weighted by molar-refractivity contribution is 5.97. The van der Waals surface area contributed by atoms with Crippen LogP contribution in [0.25, 0.3) is 0 Å². The van der Waals surface area contributed by atoms with Gasteiger partial charge in [-0.3, -0.25) is 47.9 Å². The molecule has 24 heteroatoms. The number of aliphatic hydroxyl groups is 2. The van der Waals surface area contributed by atoms with Crippen molar-refractivity contribution in [1.29, 1.82) is 0 Å². The van der Waals surface area contributed by atoms with E-state index in [1.165, 1.54) is 0 Å². The average Bonchev–Trinajstić information content (AvgIpc) is 3.17. The van der Waals surface area contributed by atoms with Gasteiger partial charge in [0.15, 0.2) is 0 Å². The van der Waals surface area contributed by atoms with E-state index >= 15 is 0 Å². The molecule has 0 aromatic heterocycles. The molecule has 0 radical (unpaired) electrons. The first-order valence-electron chi connectivity index (χ1n) is 18.0. The number of carbonyl (C=O) groups excluding carboxylic acids is 10. The first-order chi connectivity index (χ1) is 27.4. The highest BCUT2D eigenvalue weighted by Gasteiger charge is 2.31. The lowest BCUT2D eigenvalue weighted by Gasteiger charge is -2.23. The second kappa shape index (κ2) is 26.6. The van der Waals surface area contributed by atoms with Gasteiger partial charge < -0.3 is 76.1 Å². The predicted molar refractivity (Wildman–Crippen MR) is 202 cm³/mol. The van der Waals surface area contributed by atoms with Crippen LogP contribution in [0.5, 0.6) is 0 Å². The minimum absolute atomic E-state index is 0.0189. The minimum Gasteiger partial charge on any atom is -0.394 e. The van der Waals surface area contributed by atoms with Crippen LogP contribution in [0.3, 0.4) is 0 Å². The van der Waals surface area contributed by atoms with Gasteiger partial charge in [0.2, 0.25) is 59.1 Å². The van der Waals surface area contributed by atoms with Crippen molar-refractivity contribution in [2.75, 3.05) is 32.8 Å². The van der Waals surface area contributed by atoms with Crippen LogP contribution in [-0.2, 0) is 54.4 Å². The molecule has 1 aromatic carbocycles. The summed E-state index contributed by atoms with van der Waals surface area (Å²) in [6.45, 7) is -3.06. The van der Waals surface area contributed by atoms with Gasteiger partial charge in [-0.1, -0.05) is 36.8 Å². The molecule has 19 N–H and O–H groups in total. The number of nitrogens with two attached hydrogens (primary N) is 5. The number of rotatable bonds is 28. The predicted octanol–water partition coefficient (Wildman–Crippen LogP) is -8.05. The summed E-state index contributed by atoms with van der Waals surface area (Å²) in [6, 6.07) is -0.162. The summed E-state index contributed by atoms with van der Waals surface area (Å²) < 4.78 is 0. The lowest BCUT2D eigenvalue weighted by Crippen LogP contribution is -2.58. The standard InChI is InChI=1S/C34H54N12O12/c35-11-5-4-8-19(36)30(54)46-24(17-48)34(58)43-20(9-10-25(37)49)31(55)41-14-27(51)40-15-28(52)42-23(16-47)33(57)45-22(13-26(38)50)32(56)44-21(29(39)53)12-18-6-2-1-3-7-18/h1-3,6-7,19-24,47-48H,4-5,8-17,35-36H2,(H2,37,49)(H2,38,50)(H2,39,53)(H,40,51)(H,41,55)(H,42,52)(H,43,58)(H,44,56)(H,45,57)(H,46,54)/t19-,20-,21-,22-,23-,24-/m0/s1. The molecular weight excluding hydrogens is 768 g/mol. The summed E-state index contributed by atoms with van der Waals surface area (Å²) >= 11 is 0. The molecule has 0 saturated heterocycles. The van der Waals surface area contributed by atoms with Crippen molar-refractivity contribution in [3.05, 3.63) is 35.9 Å². The number of hydrogen-bond acceptors (Lipinski definition) is 14. The zero-order chi connectivity index (χ0) is 43.8. The molecule has 0 heterocycles. The molecule has 0 aliphatic carbocycles. The molecule has 0 fully saturated rings. The molecule has 0 spiro atoms. The largest absolute Gasteiger partial charge is 0.394 e. The highest BCUT2D eigenvalue weighted by Crippen LogP contribution is 2.05. The third-order valence-corrected chi connectivity index (χ3v) is 8.12. The zero-order valence-electron chi connectivity index (χ0n) is 31.7. The summed E-state index contributed by atoms with van der Waals surface area (Å²) in [5, 5.41) is 35.0. The van der Waals surface area contributed by atoms with Crippen LogP contribution in [0, 0.1) is 0 Å². The Morgan fingerprint density at radius 3 is 1.66 bits per heavy atom. The number of benzene rings is 1. The van der Waals surface area contributed by atoms with E-state index in [1.54, 1.807) is 30.3 Å². The zero-order valence-corrected chi connectivity index (χ0v) is 31.7. The van der Waals surface area contributed by atoms with Crippen LogP contribution in [-0.4, -0.2) is 138 Å². The Morgan fingerprint density at radius 2 is 1.10 bits per heavy atom. The van der Waals surface area contributed by atoms with Gasteiger partial charge in [0.1, 0.15) is 30.2 Å². The maximum Gasteiger partial charge on any atom is 0.245 e. The monoisotopic (exact) mass is 822 g/mol. The molecule has 1 rings (SSSR count). The van der Waals surface area contributed by atoms with E-state index in [0.29, 0.717) is 24.9 Å². The Hall–Kier alpha value is -6.24. The average molecular weight is 823 g/mol. The molecule has 0 aliphatic heterocycles. The SMILES string of the molecule is NCCCC[C@H](N)C(=O)N[C@@H](CO)C(=O)N[C@@H](CCC(N)=O)C(=O)NCC(=O)NCC(=O)N[C@@H](CO)C(=O)N[C@@H](CC(N)=O)C(=O)N[C@@H](Cc1ccccc1)C(N)=O. The molecule has 58 heavy (non-hydrogen) atoms. The van der Waals surface area contributed by atoms with Crippen molar-refractivity contribution in [2.24, 2.45) is 28.7 Å². The third-order valence-electron chi connectivity index (χ3n) is 8.12. The number of nitrogens with one attached hydrogen (secondary N) is 7. The van der Waals surface area contributed by atoms with E-state index in [1.807, 2.05) is 0 Å². The molecule has 322 valence electrons. The van der Waals surface area contributed by atoms with Crippen LogP contribution in [0.4, 0.5) is 0 Å². The first kappa shape index (κ1) is 49.8. The van der Waals surface area contributed by atoms with E-state index in [0.717, 1.165) is 0 Å². The minimum atomic E-state index is -1.71. The molecule has 0 unspecified atom stereocenters. The lowest BCUT2D eigenvalue weighted by molar-refractivity contribution is -0.135. The van der Waals surface area contributed by atoms with Gasteiger partial charge in [-0.2, -0.15) is 0 Å². The van der Waals surface area contributed by atoms with Gasteiger partial charge in [0, 0.05) is 12.8 Å².